The van der Waals surface area contributed by atoms with Crippen LogP contribution in [-0.2, 0) is 9.53 Å². The molecule has 2 rings (SSSR count). The van der Waals surface area contributed by atoms with Gasteiger partial charge in [0.1, 0.15) is 0 Å². The molecule has 0 radical (unpaired) electrons. The van der Waals surface area contributed by atoms with E-state index in [1.807, 2.05) is 0 Å². The van der Waals surface area contributed by atoms with Gasteiger partial charge in [-0.2, -0.15) is 0 Å². The summed E-state index contributed by atoms with van der Waals surface area (Å²) in [6.45, 7) is 6.82. The largest absolute Gasteiger partial charge is 0.451 e. The zero-order valence-corrected chi connectivity index (χ0v) is 16.6. The van der Waals surface area contributed by atoms with Crippen LogP contribution >= 0.6 is 0 Å². The highest BCUT2D eigenvalue weighted by Crippen LogP contribution is 2.19. The molecular formula is C21H22N2O6. The van der Waals surface area contributed by atoms with Crippen LogP contribution in [0.15, 0.2) is 48.5 Å². The molecule has 152 valence electrons. The number of nitro benzene ring substituents is 1. The van der Waals surface area contributed by atoms with Crippen molar-refractivity contribution in [2.75, 3.05) is 5.32 Å². The van der Waals surface area contributed by atoms with Gasteiger partial charge in [0.15, 0.2) is 6.10 Å². The number of nitrogens with one attached hydrogen (secondary N) is 1. The zero-order valence-electron chi connectivity index (χ0n) is 16.6. The molecule has 0 bridgehead atoms. The molecule has 0 aliphatic heterocycles. The van der Waals surface area contributed by atoms with Gasteiger partial charge in [-0.05, 0) is 43.3 Å². The van der Waals surface area contributed by atoms with Crippen LogP contribution in [0.5, 0.6) is 0 Å². The number of ketones is 1. The summed E-state index contributed by atoms with van der Waals surface area (Å²) in [6.07, 6.45) is -1.05. The number of hydrogen-bond acceptors (Lipinski definition) is 6. The van der Waals surface area contributed by atoms with E-state index in [1.54, 1.807) is 32.9 Å². The number of carbonyl (C=O) groups excluding carboxylic acids is 3. The second kappa shape index (κ2) is 8.64. The summed E-state index contributed by atoms with van der Waals surface area (Å²) < 4.78 is 5.16. The molecule has 8 heteroatoms. The van der Waals surface area contributed by atoms with Crippen LogP contribution < -0.4 is 5.32 Å². The van der Waals surface area contributed by atoms with E-state index in [-0.39, 0.29) is 17.2 Å². The molecule has 0 saturated heterocycles. The maximum atomic E-state index is 12.5. The Balaban J connectivity index is 2.01. The molecule has 2 aromatic carbocycles. The monoisotopic (exact) mass is 398 g/mol. The molecule has 0 saturated carbocycles. The lowest BCUT2D eigenvalue weighted by Crippen LogP contribution is -2.27. The van der Waals surface area contributed by atoms with Gasteiger partial charge in [-0.3, -0.25) is 19.7 Å². The average molecular weight is 398 g/mol. The van der Waals surface area contributed by atoms with Crippen LogP contribution in [0, 0.1) is 15.5 Å². The van der Waals surface area contributed by atoms with Crippen molar-refractivity contribution in [2.45, 2.75) is 33.8 Å². The standard InChI is InChI=1S/C21H22N2O6/c1-13(29-19(25)15-7-11-17(12-8-15)23(27)28)18(24)14-5-9-16(10-6-14)22-20(26)21(2,3)4/h5-13H,1-4H3,(H,22,26)/t13-/m1/s1. The molecule has 0 unspecified atom stereocenters. The van der Waals surface area contributed by atoms with Crippen LogP contribution in [0.3, 0.4) is 0 Å². The third-order valence-electron chi connectivity index (χ3n) is 4.08. The summed E-state index contributed by atoms with van der Waals surface area (Å²) in [5.74, 6) is -1.31. The molecular weight excluding hydrogens is 376 g/mol. The first-order valence-corrected chi connectivity index (χ1v) is 8.90. The molecule has 0 aliphatic carbocycles. The Bertz CT molecular complexity index is 927. The summed E-state index contributed by atoms with van der Waals surface area (Å²) in [4.78, 5) is 46.7. The summed E-state index contributed by atoms with van der Waals surface area (Å²) >= 11 is 0. The van der Waals surface area contributed by atoms with Crippen molar-refractivity contribution >= 4 is 29.0 Å². The lowest BCUT2D eigenvalue weighted by molar-refractivity contribution is -0.384. The molecule has 0 fully saturated rings. The lowest BCUT2D eigenvalue weighted by Gasteiger charge is -2.18. The van der Waals surface area contributed by atoms with Crippen molar-refractivity contribution in [3.05, 3.63) is 69.8 Å². The van der Waals surface area contributed by atoms with E-state index in [2.05, 4.69) is 5.32 Å². The normalized spacial score (nSPS) is 12.0. The maximum absolute atomic E-state index is 12.5. The first-order chi connectivity index (χ1) is 13.5. The fraction of sp³-hybridized carbons (Fsp3) is 0.286. The van der Waals surface area contributed by atoms with Gasteiger partial charge in [0, 0.05) is 28.8 Å². The Morgan fingerprint density at radius 2 is 1.48 bits per heavy atom. The third kappa shape index (κ3) is 5.71. The number of ether oxygens (including phenoxy) is 1. The van der Waals surface area contributed by atoms with E-state index in [1.165, 1.54) is 43.3 Å². The number of amides is 1. The number of hydrogen-bond donors (Lipinski definition) is 1. The smallest absolute Gasteiger partial charge is 0.338 e. The average Bonchev–Trinajstić information content (AvgIpc) is 2.67. The molecule has 0 aliphatic rings. The van der Waals surface area contributed by atoms with E-state index < -0.39 is 28.2 Å². The van der Waals surface area contributed by atoms with Gasteiger partial charge >= 0.3 is 5.97 Å². The summed E-state index contributed by atoms with van der Waals surface area (Å²) in [5, 5.41) is 13.4. The predicted octanol–water partition coefficient (Wildman–Crippen LogP) is 4.01. The van der Waals surface area contributed by atoms with E-state index in [0.717, 1.165) is 0 Å². The van der Waals surface area contributed by atoms with Crippen molar-refractivity contribution in [1.82, 2.24) is 0 Å². The van der Waals surface area contributed by atoms with E-state index in [9.17, 15) is 24.5 Å². The van der Waals surface area contributed by atoms with Crippen molar-refractivity contribution < 1.29 is 24.0 Å². The maximum Gasteiger partial charge on any atom is 0.338 e. The minimum absolute atomic E-state index is 0.107. The van der Waals surface area contributed by atoms with E-state index in [4.69, 9.17) is 4.74 Å². The van der Waals surface area contributed by atoms with Crippen LogP contribution in [0.1, 0.15) is 48.4 Å². The topological polar surface area (TPSA) is 116 Å². The number of nitro groups is 1. The van der Waals surface area contributed by atoms with Gasteiger partial charge in [0.25, 0.3) is 5.69 Å². The zero-order chi connectivity index (χ0) is 21.8. The predicted molar refractivity (Wildman–Crippen MR) is 107 cm³/mol. The molecule has 2 aromatic rings. The Morgan fingerprint density at radius 1 is 0.966 bits per heavy atom. The fourth-order valence-corrected chi connectivity index (χ4v) is 2.27. The van der Waals surface area contributed by atoms with Gasteiger partial charge in [-0.1, -0.05) is 20.8 Å². The van der Waals surface area contributed by atoms with Crippen LogP contribution in [0.4, 0.5) is 11.4 Å². The Labute approximate surface area is 168 Å². The number of non-ortho nitro benzene ring substituents is 1. The lowest BCUT2D eigenvalue weighted by atomic mass is 9.95. The molecule has 29 heavy (non-hydrogen) atoms. The second-order valence-electron chi connectivity index (χ2n) is 7.50. The second-order valence-corrected chi connectivity index (χ2v) is 7.50. The molecule has 8 nitrogen and oxygen atoms in total. The number of nitrogens with zero attached hydrogens (tertiary/aromatic N) is 1. The highest BCUT2D eigenvalue weighted by molar-refractivity contribution is 6.02. The van der Waals surface area contributed by atoms with Crippen LogP contribution in [0.25, 0.3) is 0 Å². The first kappa shape index (κ1) is 21.7. The number of Topliss-reactive ketones (excluding diaryl/α,β-unsaturated/α-hetero) is 1. The molecule has 0 spiro atoms. The highest BCUT2D eigenvalue weighted by Gasteiger charge is 2.23. The van der Waals surface area contributed by atoms with Crippen molar-refractivity contribution in [1.29, 1.82) is 0 Å². The number of benzene rings is 2. The van der Waals surface area contributed by atoms with Crippen molar-refractivity contribution in [2.24, 2.45) is 5.41 Å². The third-order valence-corrected chi connectivity index (χ3v) is 4.08. The van der Waals surface area contributed by atoms with Gasteiger partial charge in [-0.15, -0.1) is 0 Å². The minimum atomic E-state index is -1.05. The van der Waals surface area contributed by atoms with Crippen molar-refractivity contribution in [3.8, 4) is 0 Å². The number of anilines is 1. The summed E-state index contributed by atoms with van der Waals surface area (Å²) in [6, 6.07) is 11.2. The Kier molecular flexibility index (Phi) is 6.48. The van der Waals surface area contributed by atoms with Gasteiger partial charge in [0.2, 0.25) is 11.7 Å². The van der Waals surface area contributed by atoms with Crippen molar-refractivity contribution in [3.63, 3.8) is 0 Å². The summed E-state index contributed by atoms with van der Waals surface area (Å²) in [5.41, 5.74) is 0.286. The molecule has 0 aromatic heterocycles. The Morgan fingerprint density at radius 3 is 1.97 bits per heavy atom. The summed E-state index contributed by atoms with van der Waals surface area (Å²) in [7, 11) is 0. The Hall–Kier alpha value is -3.55. The SMILES string of the molecule is C[C@@H](OC(=O)c1ccc([N+](=O)[O-])cc1)C(=O)c1ccc(NC(=O)C(C)(C)C)cc1. The first-order valence-electron chi connectivity index (χ1n) is 8.90. The van der Waals surface area contributed by atoms with E-state index in [0.29, 0.717) is 11.3 Å². The molecule has 1 amide bonds. The quantitative estimate of drug-likeness (QED) is 0.340. The minimum Gasteiger partial charge on any atom is -0.451 e. The fourth-order valence-electron chi connectivity index (χ4n) is 2.27. The number of rotatable bonds is 6. The molecule has 1 atom stereocenters. The number of esters is 1. The van der Waals surface area contributed by atoms with Gasteiger partial charge in [0.05, 0.1) is 10.5 Å². The number of carbonyl (C=O) groups is 3. The van der Waals surface area contributed by atoms with E-state index >= 15 is 0 Å². The highest BCUT2D eigenvalue weighted by atomic mass is 16.6. The van der Waals surface area contributed by atoms with Gasteiger partial charge in [-0.25, -0.2) is 4.79 Å². The van der Waals surface area contributed by atoms with Crippen LogP contribution in [0.2, 0.25) is 0 Å². The molecule has 1 N–H and O–H groups in total. The van der Waals surface area contributed by atoms with Crippen LogP contribution in [-0.4, -0.2) is 28.7 Å². The molecule has 0 heterocycles. The van der Waals surface area contributed by atoms with Gasteiger partial charge < -0.3 is 10.1 Å².